The standard InChI is InChI=1S/C7H5ClI2/c1-4-6(9)2-5(8)3-7(4)10/h2-3H,1H3. The Morgan fingerprint density at radius 2 is 1.60 bits per heavy atom. The van der Waals surface area contributed by atoms with E-state index in [9.17, 15) is 0 Å². The van der Waals surface area contributed by atoms with Gasteiger partial charge in [-0.1, -0.05) is 11.6 Å². The molecule has 0 saturated heterocycles. The summed E-state index contributed by atoms with van der Waals surface area (Å²) in [5.41, 5.74) is 1.31. The van der Waals surface area contributed by atoms with Crippen molar-refractivity contribution in [3.8, 4) is 0 Å². The van der Waals surface area contributed by atoms with E-state index in [0.29, 0.717) is 0 Å². The van der Waals surface area contributed by atoms with Crippen LogP contribution in [0.25, 0.3) is 0 Å². The lowest BCUT2D eigenvalue weighted by Crippen LogP contribution is -1.84. The van der Waals surface area contributed by atoms with Crippen molar-refractivity contribution in [2.75, 3.05) is 0 Å². The van der Waals surface area contributed by atoms with Crippen LogP contribution in [0.3, 0.4) is 0 Å². The second-order valence-corrected chi connectivity index (χ2v) is 4.76. The van der Waals surface area contributed by atoms with E-state index in [1.165, 1.54) is 12.7 Å². The van der Waals surface area contributed by atoms with E-state index in [2.05, 4.69) is 52.1 Å². The van der Waals surface area contributed by atoms with Gasteiger partial charge in [0, 0.05) is 12.2 Å². The monoisotopic (exact) mass is 378 g/mol. The van der Waals surface area contributed by atoms with Gasteiger partial charge in [-0.3, -0.25) is 0 Å². The van der Waals surface area contributed by atoms with Crippen LogP contribution >= 0.6 is 56.8 Å². The van der Waals surface area contributed by atoms with Gasteiger partial charge < -0.3 is 0 Å². The van der Waals surface area contributed by atoms with Crippen LogP contribution in [0.1, 0.15) is 5.56 Å². The third-order valence-electron chi connectivity index (χ3n) is 1.25. The molecule has 0 radical (unpaired) electrons. The number of halogens is 3. The van der Waals surface area contributed by atoms with Gasteiger partial charge in [-0.05, 0) is 69.8 Å². The summed E-state index contributed by atoms with van der Waals surface area (Å²) in [7, 11) is 0. The zero-order valence-corrected chi connectivity index (χ0v) is 10.4. The summed E-state index contributed by atoms with van der Waals surface area (Å²) in [6.45, 7) is 2.10. The first-order valence-electron chi connectivity index (χ1n) is 2.72. The van der Waals surface area contributed by atoms with E-state index in [-0.39, 0.29) is 0 Å². The van der Waals surface area contributed by atoms with E-state index in [0.717, 1.165) is 5.02 Å². The van der Waals surface area contributed by atoms with Crippen LogP contribution in [0.2, 0.25) is 5.02 Å². The van der Waals surface area contributed by atoms with Crippen molar-refractivity contribution < 1.29 is 0 Å². The molecule has 1 aromatic rings. The van der Waals surface area contributed by atoms with Crippen molar-refractivity contribution in [1.29, 1.82) is 0 Å². The van der Waals surface area contributed by atoms with Gasteiger partial charge in [-0.2, -0.15) is 0 Å². The molecular weight excluding hydrogens is 373 g/mol. The van der Waals surface area contributed by atoms with E-state index < -0.39 is 0 Å². The second kappa shape index (κ2) is 3.58. The summed E-state index contributed by atoms with van der Waals surface area (Å²) in [6, 6.07) is 3.94. The smallest absolute Gasteiger partial charge is 0.0427 e. The molecule has 3 heteroatoms. The number of hydrogen-bond acceptors (Lipinski definition) is 0. The van der Waals surface area contributed by atoms with Gasteiger partial charge >= 0.3 is 0 Å². The fourth-order valence-corrected chi connectivity index (χ4v) is 2.97. The summed E-state index contributed by atoms with van der Waals surface area (Å²) < 4.78 is 2.46. The predicted octanol–water partition coefficient (Wildman–Crippen LogP) is 3.86. The molecule has 0 amide bonds. The van der Waals surface area contributed by atoms with E-state index >= 15 is 0 Å². The van der Waals surface area contributed by atoms with E-state index in [4.69, 9.17) is 11.6 Å². The summed E-state index contributed by atoms with van der Waals surface area (Å²) >= 11 is 10.4. The Morgan fingerprint density at radius 3 is 2.00 bits per heavy atom. The Labute approximate surface area is 92.6 Å². The van der Waals surface area contributed by atoms with Crippen molar-refractivity contribution >= 4 is 56.8 Å². The molecule has 0 spiro atoms. The second-order valence-electron chi connectivity index (χ2n) is 1.99. The lowest BCUT2D eigenvalue weighted by Gasteiger charge is -2.00. The number of hydrogen-bond donors (Lipinski definition) is 0. The number of rotatable bonds is 0. The maximum absolute atomic E-state index is 5.81. The topological polar surface area (TPSA) is 0 Å². The van der Waals surface area contributed by atoms with Crippen LogP contribution in [0.4, 0.5) is 0 Å². The molecule has 0 aliphatic heterocycles. The highest BCUT2D eigenvalue weighted by Gasteiger charge is 1.99. The highest BCUT2D eigenvalue weighted by atomic mass is 127. The van der Waals surface area contributed by atoms with Crippen molar-refractivity contribution in [1.82, 2.24) is 0 Å². The Morgan fingerprint density at radius 1 is 1.20 bits per heavy atom. The first-order valence-corrected chi connectivity index (χ1v) is 5.26. The molecule has 0 fully saturated rings. The third-order valence-corrected chi connectivity index (χ3v) is 3.70. The molecule has 0 bridgehead atoms. The van der Waals surface area contributed by atoms with Crippen LogP contribution < -0.4 is 0 Å². The minimum atomic E-state index is 0.819. The molecule has 0 heterocycles. The molecular formula is C7H5ClI2. The average Bonchev–Trinajstić information content (AvgIpc) is 1.82. The van der Waals surface area contributed by atoms with E-state index in [1.807, 2.05) is 12.1 Å². The van der Waals surface area contributed by atoms with Gasteiger partial charge in [0.15, 0.2) is 0 Å². The van der Waals surface area contributed by atoms with Crippen LogP contribution in [0.15, 0.2) is 12.1 Å². The van der Waals surface area contributed by atoms with Gasteiger partial charge in [-0.15, -0.1) is 0 Å². The molecule has 0 saturated carbocycles. The Hall–Kier alpha value is 0.970. The lowest BCUT2D eigenvalue weighted by molar-refractivity contribution is 1.39. The van der Waals surface area contributed by atoms with Crippen molar-refractivity contribution in [2.24, 2.45) is 0 Å². The highest BCUT2D eigenvalue weighted by molar-refractivity contribution is 14.1. The maximum atomic E-state index is 5.81. The molecule has 1 aromatic carbocycles. The van der Waals surface area contributed by atoms with Crippen LogP contribution in [-0.4, -0.2) is 0 Å². The van der Waals surface area contributed by atoms with Crippen LogP contribution in [0, 0.1) is 14.1 Å². The van der Waals surface area contributed by atoms with Gasteiger partial charge in [0.25, 0.3) is 0 Å². The Balaban J connectivity index is 3.31. The average molecular weight is 378 g/mol. The van der Waals surface area contributed by atoms with Gasteiger partial charge in [0.1, 0.15) is 0 Å². The fourth-order valence-electron chi connectivity index (χ4n) is 0.614. The largest absolute Gasteiger partial charge is 0.0843 e. The van der Waals surface area contributed by atoms with Gasteiger partial charge in [0.05, 0.1) is 0 Å². The van der Waals surface area contributed by atoms with Crippen LogP contribution in [-0.2, 0) is 0 Å². The SMILES string of the molecule is Cc1c(I)cc(Cl)cc1I. The fraction of sp³-hybridized carbons (Fsp3) is 0.143. The molecule has 0 nitrogen and oxygen atoms in total. The Bertz CT molecular complexity index is 235. The minimum absolute atomic E-state index is 0.819. The molecule has 0 aliphatic rings. The quantitative estimate of drug-likeness (QED) is 0.602. The maximum Gasteiger partial charge on any atom is 0.0427 e. The first-order chi connectivity index (χ1) is 4.61. The van der Waals surface area contributed by atoms with Gasteiger partial charge in [0.2, 0.25) is 0 Å². The summed E-state index contributed by atoms with van der Waals surface area (Å²) in [4.78, 5) is 0. The summed E-state index contributed by atoms with van der Waals surface area (Å²) in [5, 5.41) is 0.819. The molecule has 0 atom stereocenters. The highest BCUT2D eigenvalue weighted by Crippen LogP contribution is 2.22. The van der Waals surface area contributed by atoms with E-state index in [1.54, 1.807) is 0 Å². The van der Waals surface area contributed by atoms with Gasteiger partial charge in [-0.25, -0.2) is 0 Å². The normalized spacial score (nSPS) is 10.0. The molecule has 0 aromatic heterocycles. The third kappa shape index (κ3) is 1.98. The molecule has 0 unspecified atom stereocenters. The minimum Gasteiger partial charge on any atom is -0.0843 e. The molecule has 0 N–H and O–H groups in total. The first kappa shape index (κ1) is 9.06. The molecule has 54 valence electrons. The van der Waals surface area contributed by atoms with Crippen molar-refractivity contribution in [2.45, 2.75) is 6.92 Å². The zero-order valence-electron chi connectivity index (χ0n) is 5.29. The zero-order chi connectivity index (χ0) is 7.72. The summed E-state index contributed by atoms with van der Waals surface area (Å²) in [6.07, 6.45) is 0. The summed E-state index contributed by atoms with van der Waals surface area (Å²) in [5.74, 6) is 0. The predicted molar refractivity (Wildman–Crippen MR) is 61.6 cm³/mol. The molecule has 0 aliphatic carbocycles. The number of benzene rings is 1. The molecule has 10 heavy (non-hydrogen) atoms. The Kier molecular flexibility index (Phi) is 3.24. The van der Waals surface area contributed by atoms with Crippen molar-refractivity contribution in [3.63, 3.8) is 0 Å². The molecule has 1 rings (SSSR count). The van der Waals surface area contributed by atoms with Crippen LogP contribution in [0.5, 0.6) is 0 Å². The lowest BCUT2D eigenvalue weighted by atomic mass is 10.2. The van der Waals surface area contributed by atoms with Crippen molar-refractivity contribution in [3.05, 3.63) is 29.9 Å².